The van der Waals surface area contributed by atoms with Crippen molar-refractivity contribution in [1.29, 1.82) is 0 Å². The highest BCUT2D eigenvalue weighted by Crippen LogP contribution is 2.29. The second-order valence-corrected chi connectivity index (χ2v) is 7.06. The van der Waals surface area contributed by atoms with Crippen molar-refractivity contribution in [2.24, 2.45) is 11.7 Å². The minimum atomic E-state index is 0.276. The van der Waals surface area contributed by atoms with E-state index in [1.807, 2.05) is 11.0 Å². The van der Waals surface area contributed by atoms with Crippen molar-refractivity contribution in [1.82, 2.24) is 4.90 Å². The van der Waals surface area contributed by atoms with Crippen LogP contribution in [0.5, 0.6) is 0 Å². The molecule has 1 heterocycles. The molecule has 1 unspecified atom stereocenters. The molecule has 1 amide bonds. The van der Waals surface area contributed by atoms with Gasteiger partial charge in [-0.25, -0.2) is 0 Å². The average Bonchev–Trinajstić information content (AvgIpc) is 2.61. The van der Waals surface area contributed by atoms with Crippen LogP contribution in [-0.4, -0.2) is 43.2 Å². The molecule has 2 N–H and O–H groups in total. The van der Waals surface area contributed by atoms with Crippen LogP contribution in [0.1, 0.15) is 51.0 Å². The molecule has 0 aromatic heterocycles. The van der Waals surface area contributed by atoms with Gasteiger partial charge in [-0.15, -0.1) is 0 Å². The van der Waals surface area contributed by atoms with Crippen LogP contribution in [0.2, 0.25) is 0 Å². The van der Waals surface area contributed by atoms with E-state index in [2.05, 4.69) is 38.1 Å². The molecule has 0 radical (unpaired) electrons. The Morgan fingerprint density at radius 3 is 2.50 bits per heavy atom. The van der Waals surface area contributed by atoms with Crippen LogP contribution in [0.4, 0.5) is 0 Å². The van der Waals surface area contributed by atoms with E-state index in [1.165, 1.54) is 5.56 Å². The summed E-state index contributed by atoms with van der Waals surface area (Å²) in [4.78, 5) is 14.7. The number of rotatable bonds is 8. The molecule has 0 aliphatic carbocycles. The molecule has 1 atom stereocenters. The van der Waals surface area contributed by atoms with Gasteiger partial charge in [-0.2, -0.15) is 0 Å². The Balaban J connectivity index is 1.84. The first-order chi connectivity index (χ1) is 11.6. The van der Waals surface area contributed by atoms with Gasteiger partial charge in [-0.1, -0.05) is 44.2 Å². The molecule has 1 aromatic carbocycles. The third kappa shape index (κ3) is 5.60. The number of carbonyl (C=O) groups is 1. The topological polar surface area (TPSA) is 55.6 Å². The zero-order valence-corrected chi connectivity index (χ0v) is 15.1. The molecule has 1 aliphatic rings. The first kappa shape index (κ1) is 18.9. The first-order valence-corrected chi connectivity index (χ1v) is 9.26. The van der Waals surface area contributed by atoms with Crippen molar-refractivity contribution in [3.63, 3.8) is 0 Å². The second kappa shape index (κ2) is 9.80. The molecule has 24 heavy (non-hydrogen) atoms. The average molecular weight is 332 g/mol. The van der Waals surface area contributed by atoms with Crippen molar-refractivity contribution < 1.29 is 9.53 Å². The third-order valence-electron chi connectivity index (χ3n) is 4.92. The third-order valence-corrected chi connectivity index (χ3v) is 4.92. The molecule has 0 spiro atoms. The minimum absolute atomic E-state index is 0.276. The van der Waals surface area contributed by atoms with E-state index in [0.29, 0.717) is 18.9 Å². The van der Waals surface area contributed by atoms with Gasteiger partial charge in [-0.05, 0) is 43.2 Å². The Morgan fingerprint density at radius 1 is 1.25 bits per heavy atom. The number of hydrogen-bond acceptors (Lipinski definition) is 3. The number of ether oxygens (including phenoxy) is 1. The highest BCUT2D eigenvalue weighted by atomic mass is 16.5. The number of hydrogen-bond donors (Lipinski definition) is 1. The van der Waals surface area contributed by atoms with Crippen LogP contribution in [-0.2, 0) is 9.53 Å². The summed E-state index contributed by atoms with van der Waals surface area (Å²) < 4.78 is 5.82. The zero-order valence-electron chi connectivity index (χ0n) is 15.1. The maximum absolute atomic E-state index is 12.7. The lowest BCUT2D eigenvalue weighted by atomic mass is 9.85. The van der Waals surface area contributed by atoms with Gasteiger partial charge in [0.2, 0.25) is 5.91 Å². The van der Waals surface area contributed by atoms with Crippen LogP contribution in [0.15, 0.2) is 30.3 Å². The van der Waals surface area contributed by atoms with Crippen molar-refractivity contribution in [2.45, 2.75) is 51.6 Å². The summed E-state index contributed by atoms with van der Waals surface area (Å²) in [6, 6.07) is 10.4. The SMILES string of the molecule is CC(C)C(CC(=O)N1CCC(OCCCN)CC1)c1ccccc1. The van der Waals surface area contributed by atoms with E-state index >= 15 is 0 Å². The molecule has 4 heteroatoms. The number of likely N-dealkylation sites (tertiary alicyclic amines) is 1. The summed E-state index contributed by atoms with van der Waals surface area (Å²) in [5.74, 6) is 1.02. The van der Waals surface area contributed by atoms with Gasteiger partial charge in [0, 0.05) is 26.1 Å². The van der Waals surface area contributed by atoms with E-state index < -0.39 is 0 Å². The van der Waals surface area contributed by atoms with Crippen LogP contribution in [0, 0.1) is 5.92 Å². The monoisotopic (exact) mass is 332 g/mol. The Kier molecular flexibility index (Phi) is 7.73. The van der Waals surface area contributed by atoms with Gasteiger partial charge >= 0.3 is 0 Å². The van der Waals surface area contributed by atoms with Gasteiger partial charge in [0.05, 0.1) is 6.10 Å². The quantitative estimate of drug-likeness (QED) is 0.744. The Hall–Kier alpha value is -1.39. The smallest absolute Gasteiger partial charge is 0.223 e. The Labute approximate surface area is 146 Å². The maximum Gasteiger partial charge on any atom is 0.223 e. The van der Waals surface area contributed by atoms with Gasteiger partial charge in [0.15, 0.2) is 0 Å². The molecule has 1 aromatic rings. The number of carbonyl (C=O) groups excluding carboxylic acids is 1. The van der Waals surface area contributed by atoms with Crippen LogP contribution in [0.3, 0.4) is 0 Å². The van der Waals surface area contributed by atoms with Crippen molar-refractivity contribution >= 4 is 5.91 Å². The highest BCUT2D eigenvalue weighted by molar-refractivity contribution is 5.77. The van der Waals surface area contributed by atoms with Crippen LogP contribution >= 0.6 is 0 Å². The lowest BCUT2D eigenvalue weighted by Crippen LogP contribution is -2.41. The van der Waals surface area contributed by atoms with E-state index in [0.717, 1.165) is 39.0 Å². The Morgan fingerprint density at radius 2 is 1.92 bits per heavy atom. The summed E-state index contributed by atoms with van der Waals surface area (Å²) in [5.41, 5.74) is 6.76. The fourth-order valence-electron chi connectivity index (χ4n) is 3.36. The van der Waals surface area contributed by atoms with E-state index in [1.54, 1.807) is 0 Å². The number of benzene rings is 1. The highest BCUT2D eigenvalue weighted by Gasteiger charge is 2.26. The summed E-state index contributed by atoms with van der Waals surface area (Å²) in [6.07, 6.45) is 3.67. The fraction of sp³-hybridized carbons (Fsp3) is 0.650. The van der Waals surface area contributed by atoms with Crippen LogP contribution in [0.25, 0.3) is 0 Å². The number of nitrogens with zero attached hydrogens (tertiary/aromatic N) is 1. The lowest BCUT2D eigenvalue weighted by molar-refractivity contribution is -0.134. The normalized spacial score (nSPS) is 17.2. The summed E-state index contributed by atoms with van der Waals surface area (Å²) in [6.45, 7) is 7.42. The lowest BCUT2D eigenvalue weighted by Gasteiger charge is -2.33. The van der Waals surface area contributed by atoms with Crippen molar-refractivity contribution in [2.75, 3.05) is 26.2 Å². The van der Waals surface area contributed by atoms with E-state index in [-0.39, 0.29) is 17.9 Å². The van der Waals surface area contributed by atoms with Gasteiger partial charge in [0.1, 0.15) is 0 Å². The molecule has 134 valence electrons. The number of nitrogens with two attached hydrogens (primary N) is 1. The Bertz CT molecular complexity index is 482. The molecular weight excluding hydrogens is 300 g/mol. The second-order valence-electron chi connectivity index (χ2n) is 7.06. The maximum atomic E-state index is 12.7. The molecule has 2 rings (SSSR count). The number of piperidine rings is 1. The zero-order chi connectivity index (χ0) is 17.4. The standard InChI is InChI=1S/C20H32N2O2/c1-16(2)19(17-7-4-3-5-8-17)15-20(23)22-12-9-18(10-13-22)24-14-6-11-21/h3-5,7-8,16,18-19H,6,9-15,21H2,1-2H3. The molecule has 4 nitrogen and oxygen atoms in total. The molecule has 0 bridgehead atoms. The van der Waals surface area contributed by atoms with E-state index in [9.17, 15) is 4.79 Å². The van der Waals surface area contributed by atoms with E-state index in [4.69, 9.17) is 10.5 Å². The molecule has 1 fully saturated rings. The van der Waals surface area contributed by atoms with Crippen molar-refractivity contribution in [3.05, 3.63) is 35.9 Å². The summed E-state index contributed by atoms with van der Waals surface area (Å²) >= 11 is 0. The predicted molar refractivity (Wildman–Crippen MR) is 97.9 cm³/mol. The molecule has 1 aliphatic heterocycles. The first-order valence-electron chi connectivity index (χ1n) is 9.26. The van der Waals surface area contributed by atoms with Crippen molar-refractivity contribution in [3.8, 4) is 0 Å². The largest absolute Gasteiger partial charge is 0.378 e. The number of amides is 1. The molecule has 1 saturated heterocycles. The van der Waals surface area contributed by atoms with Gasteiger partial charge in [0.25, 0.3) is 0 Å². The van der Waals surface area contributed by atoms with Gasteiger partial charge < -0.3 is 15.4 Å². The minimum Gasteiger partial charge on any atom is -0.378 e. The van der Waals surface area contributed by atoms with Crippen LogP contribution < -0.4 is 5.73 Å². The molecular formula is C20H32N2O2. The fourth-order valence-corrected chi connectivity index (χ4v) is 3.36. The summed E-state index contributed by atoms with van der Waals surface area (Å²) in [5, 5.41) is 0. The predicted octanol–water partition coefficient (Wildman–Crippen LogP) is 3.17. The molecule has 0 saturated carbocycles. The van der Waals surface area contributed by atoms with Gasteiger partial charge in [-0.3, -0.25) is 4.79 Å². The summed E-state index contributed by atoms with van der Waals surface area (Å²) in [7, 11) is 0.